The first-order valence-electron chi connectivity index (χ1n) is 6.38. The molecule has 0 aliphatic heterocycles. The number of nitrogen functional groups attached to an aromatic ring is 1. The van der Waals surface area contributed by atoms with Gasteiger partial charge >= 0.3 is 0 Å². The lowest BCUT2D eigenvalue weighted by atomic mass is 10.2. The van der Waals surface area contributed by atoms with Crippen molar-refractivity contribution in [1.29, 1.82) is 5.26 Å². The van der Waals surface area contributed by atoms with Crippen LogP contribution in [0.15, 0.2) is 64.8 Å². The number of benzene rings is 2. The molecule has 1 amide bonds. The number of hydrogen-bond donors (Lipinski definition) is 3. The maximum atomic E-state index is 12.0. The van der Waals surface area contributed by atoms with Gasteiger partial charge in [-0.15, -0.1) is 0 Å². The van der Waals surface area contributed by atoms with E-state index in [0.717, 1.165) is 10.2 Å². The molecule has 4 N–H and O–H groups in total. The van der Waals surface area contributed by atoms with Crippen LogP contribution in [0.5, 0.6) is 0 Å². The monoisotopic (exact) mass is 356 g/mol. The normalized spacial score (nSPS) is 10.6. The second kappa shape index (κ2) is 7.29. The summed E-state index contributed by atoms with van der Waals surface area (Å²) >= 11 is 3.31. The van der Waals surface area contributed by atoms with Crippen LogP contribution in [0.25, 0.3) is 0 Å². The van der Waals surface area contributed by atoms with Gasteiger partial charge in [0.05, 0.1) is 0 Å². The minimum Gasteiger partial charge on any atom is -0.399 e. The second-order valence-corrected chi connectivity index (χ2v) is 5.31. The Labute approximate surface area is 136 Å². The van der Waals surface area contributed by atoms with Crippen LogP contribution < -0.4 is 16.4 Å². The molecule has 2 aromatic rings. The predicted molar refractivity (Wildman–Crippen MR) is 90.9 cm³/mol. The Hall–Kier alpha value is -2.78. The number of amides is 1. The zero-order chi connectivity index (χ0) is 15.9. The quantitative estimate of drug-likeness (QED) is 0.444. The lowest BCUT2D eigenvalue weighted by Gasteiger charge is -2.05. The highest BCUT2D eigenvalue weighted by atomic mass is 79.9. The Kier molecular flexibility index (Phi) is 5.17. The highest BCUT2D eigenvalue weighted by molar-refractivity contribution is 9.10. The van der Waals surface area contributed by atoms with Crippen molar-refractivity contribution < 1.29 is 4.79 Å². The minimum absolute atomic E-state index is 0.0280. The summed E-state index contributed by atoms with van der Waals surface area (Å²) in [6, 6.07) is 15.9. The van der Waals surface area contributed by atoms with Gasteiger partial charge < -0.3 is 16.4 Å². The van der Waals surface area contributed by atoms with Gasteiger partial charge in [-0.05, 0) is 48.5 Å². The van der Waals surface area contributed by atoms with Crippen LogP contribution in [0.1, 0.15) is 0 Å². The molecule has 6 heteroatoms. The second-order valence-electron chi connectivity index (χ2n) is 4.40. The van der Waals surface area contributed by atoms with Crippen molar-refractivity contribution in [1.82, 2.24) is 0 Å². The molecular weight excluding hydrogens is 344 g/mol. The molecule has 22 heavy (non-hydrogen) atoms. The Morgan fingerprint density at radius 1 is 1.09 bits per heavy atom. The van der Waals surface area contributed by atoms with E-state index in [2.05, 4.69) is 26.6 Å². The number of carbonyl (C=O) groups is 1. The third kappa shape index (κ3) is 4.36. The first-order valence-corrected chi connectivity index (χ1v) is 7.17. The molecule has 2 rings (SSSR count). The zero-order valence-electron chi connectivity index (χ0n) is 11.5. The van der Waals surface area contributed by atoms with Crippen LogP contribution in [0.2, 0.25) is 0 Å². The molecule has 0 atom stereocenters. The summed E-state index contributed by atoms with van der Waals surface area (Å²) < 4.78 is 0.909. The van der Waals surface area contributed by atoms with Gasteiger partial charge in [0.25, 0.3) is 5.91 Å². The smallest absolute Gasteiger partial charge is 0.267 e. The average molecular weight is 357 g/mol. The summed E-state index contributed by atoms with van der Waals surface area (Å²) in [6.45, 7) is 0. The highest BCUT2D eigenvalue weighted by Gasteiger charge is 2.09. The number of carbonyl (C=O) groups excluding carboxylic acids is 1. The van der Waals surface area contributed by atoms with E-state index >= 15 is 0 Å². The lowest BCUT2D eigenvalue weighted by molar-refractivity contribution is -0.112. The molecule has 0 radical (unpaired) electrons. The molecule has 0 bridgehead atoms. The van der Waals surface area contributed by atoms with Crippen molar-refractivity contribution in [2.75, 3.05) is 16.4 Å². The third-order valence-electron chi connectivity index (χ3n) is 2.76. The highest BCUT2D eigenvalue weighted by Crippen LogP contribution is 2.15. The molecule has 0 saturated carbocycles. The van der Waals surface area contributed by atoms with Gasteiger partial charge in [0.15, 0.2) is 0 Å². The summed E-state index contributed by atoms with van der Waals surface area (Å²) in [4.78, 5) is 12.0. The number of anilines is 3. The molecule has 0 fully saturated rings. The van der Waals surface area contributed by atoms with Crippen LogP contribution in [0.4, 0.5) is 17.1 Å². The van der Waals surface area contributed by atoms with Crippen molar-refractivity contribution in [3.05, 3.63) is 64.8 Å². The van der Waals surface area contributed by atoms with Crippen LogP contribution in [-0.4, -0.2) is 5.91 Å². The average Bonchev–Trinajstić information content (AvgIpc) is 2.52. The fourth-order valence-corrected chi connectivity index (χ4v) is 1.88. The first-order chi connectivity index (χ1) is 10.6. The lowest BCUT2D eigenvalue weighted by Crippen LogP contribution is -2.14. The number of nitrogens with zero attached hydrogens (tertiary/aromatic N) is 1. The molecule has 0 aromatic heterocycles. The van der Waals surface area contributed by atoms with Gasteiger partial charge in [0.2, 0.25) is 0 Å². The van der Waals surface area contributed by atoms with E-state index in [4.69, 9.17) is 11.0 Å². The SMILES string of the molecule is N#C/C(=C/Nc1ccc(N)cc1)C(=O)Nc1ccc(Br)cc1. The van der Waals surface area contributed by atoms with Gasteiger partial charge in [-0.2, -0.15) is 5.26 Å². The van der Waals surface area contributed by atoms with E-state index in [9.17, 15) is 4.79 Å². The summed E-state index contributed by atoms with van der Waals surface area (Å²) in [6.07, 6.45) is 1.36. The fraction of sp³-hybridized carbons (Fsp3) is 0. The third-order valence-corrected chi connectivity index (χ3v) is 3.29. The van der Waals surface area contributed by atoms with E-state index in [1.165, 1.54) is 6.20 Å². The van der Waals surface area contributed by atoms with Crippen LogP contribution in [0.3, 0.4) is 0 Å². The molecule has 0 aliphatic carbocycles. The topological polar surface area (TPSA) is 90.9 Å². The maximum absolute atomic E-state index is 12.0. The number of nitrogens with two attached hydrogens (primary N) is 1. The molecule has 0 saturated heterocycles. The molecule has 0 spiro atoms. The van der Waals surface area contributed by atoms with Crippen molar-refractivity contribution in [3.63, 3.8) is 0 Å². The van der Waals surface area contributed by atoms with E-state index in [-0.39, 0.29) is 5.57 Å². The van der Waals surface area contributed by atoms with Crippen molar-refractivity contribution in [3.8, 4) is 6.07 Å². The Morgan fingerprint density at radius 2 is 1.68 bits per heavy atom. The molecular formula is C16H13BrN4O. The van der Waals surface area contributed by atoms with Gasteiger partial charge in [-0.25, -0.2) is 0 Å². The van der Waals surface area contributed by atoms with Crippen LogP contribution in [-0.2, 0) is 4.79 Å². The predicted octanol–water partition coefficient (Wildman–Crippen LogP) is 3.49. The van der Waals surface area contributed by atoms with E-state index < -0.39 is 5.91 Å². The minimum atomic E-state index is -0.479. The summed E-state index contributed by atoms with van der Waals surface area (Å²) in [5.74, 6) is -0.479. The number of nitriles is 1. The van der Waals surface area contributed by atoms with Gasteiger partial charge in [-0.3, -0.25) is 4.79 Å². The maximum Gasteiger partial charge on any atom is 0.267 e. The molecule has 0 heterocycles. The number of rotatable bonds is 4. The van der Waals surface area contributed by atoms with Gasteiger partial charge in [0, 0.05) is 27.7 Å². The molecule has 5 nitrogen and oxygen atoms in total. The summed E-state index contributed by atoms with van der Waals surface area (Å²) in [7, 11) is 0. The van der Waals surface area contributed by atoms with Gasteiger partial charge in [0.1, 0.15) is 11.6 Å². The zero-order valence-corrected chi connectivity index (χ0v) is 13.1. The van der Waals surface area contributed by atoms with E-state index in [1.54, 1.807) is 48.5 Å². The number of halogens is 1. The molecule has 0 aliphatic rings. The van der Waals surface area contributed by atoms with Gasteiger partial charge in [-0.1, -0.05) is 15.9 Å². The Balaban J connectivity index is 2.05. The summed E-state index contributed by atoms with van der Waals surface area (Å²) in [5.41, 5.74) is 7.55. The largest absolute Gasteiger partial charge is 0.399 e. The molecule has 110 valence electrons. The number of hydrogen-bond acceptors (Lipinski definition) is 4. The van der Waals surface area contributed by atoms with E-state index in [0.29, 0.717) is 11.4 Å². The molecule has 0 unspecified atom stereocenters. The van der Waals surface area contributed by atoms with Crippen LogP contribution in [0, 0.1) is 11.3 Å². The van der Waals surface area contributed by atoms with Crippen molar-refractivity contribution in [2.24, 2.45) is 0 Å². The first kappa shape index (κ1) is 15.6. The van der Waals surface area contributed by atoms with E-state index in [1.807, 2.05) is 6.07 Å². The van der Waals surface area contributed by atoms with Crippen LogP contribution >= 0.6 is 15.9 Å². The fourth-order valence-electron chi connectivity index (χ4n) is 1.62. The van der Waals surface area contributed by atoms with Crippen molar-refractivity contribution >= 4 is 38.9 Å². The Bertz CT molecular complexity index is 730. The van der Waals surface area contributed by atoms with Crippen molar-refractivity contribution in [2.45, 2.75) is 0 Å². The summed E-state index contributed by atoms with van der Waals surface area (Å²) in [5, 5.41) is 14.6. The number of nitrogens with one attached hydrogen (secondary N) is 2. The standard InChI is InChI=1S/C16H13BrN4O/c17-12-1-5-15(6-2-12)21-16(22)11(9-18)10-20-14-7-3-13(19)4-8-14/h1-8,10,20H,19H2,(H,21,22)/b11-10-. The Morgan fingerprint density at radius 3 is 2.27 bits per heavy atom. The molecule has 2 aromatic carbocycles.